The van der Waals surface area contributed by atoms with Crippen LogP contribution >= 0.6 is 0 Å². The van der Waals surface area contributed by atoms with Crippen molar-refractivity contribution in [3.05, 3.63) is 56.2 Å². The van der Waals surface area contributed by atoms with Crippen molar-refractivity contribution in [3.63, 3.8) is 0 Å². The van der Waals surface area contributed by atoms with Gasteiger partial charge < -0.3 is 9.80 Å². The van der Waals surface area contributed by atoms with E-state index >= 15 is 0 Å². The summed E-state index contributed by atoms with van der Waals surface area (Å²) in [6, 6.07) is 8.02. The number of carbonyl (C=O) groups excluding carboxylic acids is 1. The smallest absolute Gasteiger partial charge is 0.329 e. The van der Waals surface area contributed by atoms with Crippen LogP contribution in [0.1, 0.15) is 30.9 Å². The molecule has 0 radical (unpaired) electrons. The number of rotatable bonds is 5. The van der Waals surface area contributed by atoms with Gasteiger partial charge >= 0.3 is 5.69 Å². The van der Waals surface area contributed by atoms with Crippen molar-refractivity contribution in [2.45, 2.75) is 33.2 Å². The highest BCUT2D eigenvalue weighted by atomic mass is 16.2. The van der Waals surface area contributed by atoms with Crippen molar-refractivity contribution in [2.75, 3.05) is 31.1 Å². The van der Waals surface area contributed by atoms with Crippen LogP contribution in [-0.4, -0.2) is 56.1 Å². The number of hydrogen-bond donors (Lipinski definition) is 1. The second kappa shape index (κ2) is 8.41. The Labute approximate surface area is 179 Å². The van der Waals surface area contributed by atoms with E-state index < -0.39 is 11.2 Å². The van der Waals surface area contributed by atoms with Crippen LogP contribution in [0.15, 0.2) is 33.9 Å². The number of nitrogens with zero attached hydrogens (tertiary/aromatic N) is 5. The number of imidazole rings is 1. The number of aromatic amines is 1. The van der Waals surface area contributed by atoms with Gasteiger partial charge in [-0.05, 0) is 24.5 Å². The lowest BCUT2D eigenvalue weighted by Gasteiger charge is -2.35. The Balaban J connectivity index is 1.76. The van der Waals surface area contributed by atoms with E-state index in [2.05, 4.69) is 9.88 Å². The van der Waals surface area contributed by atoms with Gasteiger partial charge in [0.2, 0.25) is 11.9 Å². The number of fused-ring (bicyclic) bond motifs is 1. The fourth-order valence-electron chi connectivity index (χ4n) is 4.10. The van der Waals surface area contributed by atoms with E-state index in [1.54, 1.807) is 7.05 Å². The van der Waals surface area contributed by atoms with E-state index in [-0.39, 0.29) is 5.91 Å². The van der Waals surface area contributed by atoms with E-state index in [0.29, 0.717) is 56.3 Å². The number of H-pyrrole nitrogens is 1. The van der Waals surface area contributed by atoms with Gasteiger partial charge in [-0.25, -0.2) is 4.79 Å². The fraction of sp³-hybridized carbons (Fsp3) is 0.455. The van der Waals surface area contributed by atoms with Gasteiger partial charge in [-0.2, -0.15) is 4.98 Å². The number of amides is 1. The second-order valence-electron chi connectivity index (χ2n) is 8.03. The van der Waals surface area contributed by atoms with E-state index in [1.807, 2.05) is 47.6 Å². The van der Waals surface area contributed by atoms with Gasteiger partial charge in [-0.15, -0.1) is 0 Å². The van der Waals surface area contributed by atoms with Gasteiger partial charge in [0.15, 0.2) is 11.2 Å². The molecule has 0 aliphatic carbocycles. The molecule has 1 fully saturated rings. The van der Waals surface area contributed by atoms with Crippen molar-refractivity contribution < 1.29 is 4.79 Å². The van der Waals surface area contributed by atoms with Crippen LogP contribution in [0.2, 0.25) is 0 Å². The normalized spacial score (nSPS) is 14.4. The number of aryl methyl sites for hydroxylation is 2. The van der Waals surface area contributed by atoms with Crippen molar-refractivity contribution in [1.82, 2.24) is 24.0 Å². The summed E-state index contributed by atoms with van der Waals surface area (Å²) in [4.78, 5) is 48.2. The van der Waals surface area contributed by atoms with Gasteiger partial charge in [0.1, 0.15) is 0 Å². The summed E-state index contributed by atoms with van der Waals surface area (Å²) in [6.45, 7) is 6.98. The van der Waals surface area contributed by atoms with Gasteiger partial charge in [0, 0.05) is 39.6 Å². The van der Waals surface area contributed by atoms with Crippen molar-refractivity contribution in [1.29, 1.82) is 0 Å². The summed E-state index contributed by atoms with van der Waals surface area (Å²) in [7, 11) is 1.61. The highest BCUT2D eigenvalue weighted by Gasteiger charge is 2.26. The molecule has 4 rings (SSSR count). The van der Waals surface area contributed by atoms with Crippen molar-refractivity contribution in [3.8, 4) is 0 Å². The molecular formula is C22H28N6O3. The third-order valence-corrected chi connectivity index (χ3v) is 5.96. The first kappa shape index (κ1) is 20.9. The topological polar surface area (TPSA) is 96.2 Å². The Morgan fingerprint density at radius 3 is 2.52 bits per heavy atom. The third kappa shape index (κ3) is 3.87. The zero-order valence-corrected chi connectivity index (χ0v) is 18.2. The molecule has 1 aliphatic heterocycles. The lowest BCUT2D eigenvalue weighted by Crippen LogP contribution is -2.49. The summed E-state index contributed by atoms with van der Waals surface area (Å²) in [5.74, 6) is 0.821. The number of anilines is 1. The number of nitrogens with one attached hydrogen (secondary N) is 1. The molecule has 1 N–H and O–H groups in total. The molecule has 1 aromatic carbocycles. The molecule has 3 heterocycles. The lowest BCUT2D eigenvalue weighted by atomic mass is 10.1. The third-order valence-electron chi connectivity index (χ3n) is 5.96. The predicted molar refractivity (Wildman–Crippen MR) is 120 cm³/mol. The lowest BCUT2D eigenvalue weighted by molar-refractivity contribution is -0.131. The monoisotopic (exact) mass is 424 g/mol. The van der Waals surface area contributed by atoms with Crippen LogP contribution in [-0.2, 0) is 18.4 Å². The average molecular weight is 425 g/mol. The molecule has 0 bridgehead atoms. The minimum atomic E-state index is -0.487. The highest BCUT2D eigenvalue weighted by Crippen LogP contribution is 2.23. The molecule has 0 spiro atoms. The summed E-state index contributed by atoms with van der Waals surface area (Å²) in [5, 5.41) is 0. The maximum Gasteiger partial charge on any atom is 0.329 e. The molecule has 0 atom stereocenters. The largest absolute Gasteiger partial charge is 0.339 e. The van der Waals surface area contributed by atoms with Crippen LogP contribution in [0.5, 0.6) is 0 Å². The molecule has 0 saturated carbocycles. The fourth-order valence-corrected chi connectivity index (χ4v) is 4.10. The van der Waals surface area contributed by atoms with E-state index in [1.165, 1.54) is 4.57 Å². The summed E-state index contributed by atoms with van der Waals surface area (Å²) < 4.78 is 3.26. The Bertz CT molecular complexity index is 1230. The highest BCUT2D eigenvalue weighted by molar-refractivity contribution is 5.77. The number of carbonyl (C=O) groups is 1. The van der Waals surface area contributed by atoms with Crippen molar-refractivity contribution in [2.24, 2.45) is 7.05 Å². The minimum absolute atomic E-state index is 0.175. The van der Waals surface area contributed by atoms with Crippen LogP contribution < -0.4 is 16.1 Å². The second-order valence-corrected chi connectivity index (χ2v) is 8.03. The van der Waals surface area contributed by atoms with E-state index in [0.717, 1.165) is 17.5 Å². The number of benzene rings is 1. The van der Waals surface area contributed by atoms with Crippen molar-refractivity contribution >= 4 is 23.0 Å². The molecule has 9 nitrogen and oxygen atoms in total. The summed E-state index contributed by atoms with van der Waals surface area (Å²) in [5.41, 5.74) is 2.01. The van der Waals surface area contributed by atoms with Gasteiger partial charge in [0.05, 0.1) is 6.54 Å². The zero-order chi connectivity index (χ0) is 22.1. The number of hydrogen-bond acceptors (Lipinski definition) is 5. The standard InChI is InChI=1S/C22H28N6O3/c1-4-7-17(29)26-10-12-27(13-11-26)21-23-19-18(20(30)24-22(31)25(19)3)28(21)14-16-9-6-5-8-15(16)2/h5-6,8-9H,4,7,10-14H2,1-3H3,(H,24,30,31). The molecule has 0 unspecified atom stereocenters. The molecule has 3 aromatic rings. The van der Waals surface area contributed by atoms with Crippen LogP contribution in [0, 0.1) is 6.92 Å². The molecule has 9 heteroatoms. The summed E-state index contributed by atoms with van der Waals surface area (Å²) in [6.07, 6.45) is 1.39. The maximum absolute atomic E-state index is 12.8. The Morgan fingerprint density at radius 2 is 1.84 bits per heavy atom. The Kier molecular flexibility index (Phi) is 5.67. The first-order chi connectivity index (χ1) is 14.9. The predicted octanol–water partition coefficient (Wildman–Crippen LogP) is 1.23. The zero-order valence-electron chi connectivity index (χ0n) is 18.2. The van der Waals surface area contributed by atoms with E-state index in [9.17, 15) is 14.4 Å². The average Bonchev–Trinajstić information content (AvgIpc) is 3.14. The molecule has 164 valence electrons. The van der Waals surface area contributed by atoms with Crippen LogP contribution in [0.3, 0.4) is 0 Å². The number of piperazine rings is 1. The molecule has 2 aromatic heterocycles. The Morgan fingerprint density at radius 1 is 1.13 bits per heavy atom. The van der Waals surface area contributed by atoms with Crippen LogP contribution in [0.4, 0.5) is 5.95 Å². The first-order valence-electron chi connectivity index (χ1n) is 10.7. The van der Waals surface area contributed by atoms with Gasteiger partial charge in [0.25, 0.3) is 5.56 Å². The molecule has 1 amide bonds. The molecule has 31 heavy (non-hydrogen) atoms. The minimum Gasteiger partial charge on any atom is -0.339 e. The van der Waals surface area contributed by atoms with Crippen LogP contribution in [0.25, 0.3) is 11.2 Å². The molecular weight excluding hydrogens is 396 g/mol. The van der Waals surface area contributed by atoms with Gasteiger partial charge in [-0.1, -0.05) is 31.2 Å². The van der Waals surface area contributed by atoms with E-state index in [4.69, 9.17) is 4.98 Å². The number of aromatic nitrogens is 4. The SMILES string of the molecule is CCCC(=O)N1CCN(c2nc3c(c(=O)[nH]c(=O)n3C)n2Cc2ccccc2C)CC1. The first-order valence-corrected chi connectivity index (χ1v) is 10.7. The Hall–Kier alpha value is -3.36. The summed E-state index contributed by atoms with van der Waals surface area (Å²) >= 11 is 0. The maximum atomic E-state index is 12.8. The quantitative estimate of drug-likeness (QED) is 0.665. The molecule has 1 saturated heterocycles. The van der Waals surface area contributed by atoms with Gasteiger partial charge in [-0.3, -0.25) is 23.7 Å². The molecule has 1 aliphatic rings.